The minimum absolute atomic E-state index is 0.208. The van der Waals surface area contributed by atoms with Crippen LogP contribution in [0.1, 0.15) is 18.4 Å². The van der Waals surface area contributed by atoms with Gasteiger partial charge < -0.3 is 15.3 Å². The molecule has 6 heteroatoms. The highest BCUT2D eigenvalue weighted by Gasteiger charge is 2.19. The lowest BCUT2D eigenvalue weighted by atomic mass is 10.1. The zero-order valence-electron chi connectivity index (χ0n) is 13.8. The van der Waals surface area contributed by atoms with E-state index in [0.717, 1.165) is 20.9 Å². The van der Waals surface area contributed by atoms with Crippen molar-refractivity contribution in [3.05, 3.63) is 53.8 Å². The summed E-state index contributed by atoms with van der Waals surface area (Å²) in [6.45, 7) is 1.93. The Bertz CT molecular complexity index is 841. The maximum atomic E-state index is 14.5. The first-order chi connectivity index (χ1) is 12.2. The van der Waals surface area contributed by atoms with Gasteiger partial charge in [-0.1, -0.05) is 29.5 Å². The average molecular weight is 357 g/mol. The molecule has 2 aromatic carbocycles. The van der Waals surface area contributed by atoms with Gasteiger partial charge in [0.2, 0.25) is 0 Å². The van der Waals surface area contributed by atoms with Crippen molar-refractivity contribution >= 4 is 32.4 Å². The van der Waals surface area contributed by atoms with Gasteiger partial charge in [-0.25, -0.2) is 9.37 Å². The normalized spacial score (nSPS) is 15.7. The summed E-state index contributed by atoms with van der Waals surface area (Å²) in [5.41, 5.74) is 2.48. The average Bonchev–Trinajstić information content (AvgIpc) is 3.04. The molecule has 1 fully saturated rings. The van der Waals surface area contributed by atoms with E-state index in [4.69, 9.17) is 0 Å². The van der Waals surface area contributed by atoms with Crippen molar-refractivity contribution < 1.29 is 9.50 Å². The van der Waals surface area contributed by atoms with E-state index in [2.05, 4.69) is 10.3 Å². The third kappa shape index (κ3) is 3.60. The standard InChI is InChI=1S/C19H20FN3OS/c20-15-11-13(5-6-17(15)23-9-7-14(24)8-10-23)12-21-19-22-16-3-1-2-4-18(16)25-19/h1-6,11,14,24H,7-10,12H2,(H,21,22). The molecule has 1 aliphatic rings. The van der Waals surface area contributed by atoms with Crippen LogP contribution in [0.4, 0.5) is 15.2 Å². The molecule has 2 N–H and O–H groups in total. The molecule has 0 aliphatic carbocycles. The first kappa shape index (κ1) is 16.3. The van der Waals surface area contributed by atoms with Crippen molar-refractivity contribution in [1.82, 2.24) is 4.98 Å². The van der Waals surface area contributed by atoms with Crippen LogP contribution in [0, 0.1) is 5.82 Å². The number of thiazole rings is 1. The van der Waals surface area contributed by atoms with Crippen LogP contribution < -0.4 is 10.2 Å². The molecule has 0 radical (unpaired) electrons. The Morgan fingerprint density at radius 1 is 1.20 bits per heavy atom. The van der Waals surface area contributed by atoms with E-state index < -0.39 is 0 Å². The van der Waals surface area contributed by atoms with Gasteiger partial charge in [0.25, 0.3) is 0 Å². The molecular weight excluding hydrogens is 337 g/mol. The van der Waals surface area contributed by atoms with Crippen molar-refractivity contribution in [3.63, 3.8) is 0 Å². The molecule has 25 heavy (non-hydrogen) atoms. The van der Waals surface area contributed by atoms with Gasteiger partial charge in [-0.2, -0.15) is 0 Å². The predicted molar refractivity (Wildman–Crippen MR) is 101 cm³/mol. The number of nitrogens with zero attached hydrogens (tertiary/aromatic N) is 2. The highest BCUT2D eigenvalue weighted by atomic mass is 32.1. The minimum atomic E-state index is -0.253. The molecule has 4 nitrogen and oxygen atoms in total. The van der Waals surface area contributed by atoms with Crippen LogP contribution in [0.2, 0.25) is 0 Å². The van der Waals surface area contributed by atoms with Crippen LogP contribution in [0.15, 0.2) is 42.5 Å². The molecule has 0 unspecified atom stereocenters. The van der Waals surface area contributed by atoms with E-state index in [9.17, 15) is 9.50 Å². The Balaban J connectivity index is 1.43. The zero-order valence-corrected chi connectivity index (χ0v) is 14.6. The number of piperidine rings is 1. The molecule has 2 heterocycles. The Morgan fingerprint density at radius 3 is 2.76 bits per heavy atom. The van der Waals surface area contributed by atoms with Gasteiger partial charge in [-0.05, 0) is 42.7 Å². The number of fused-ring (bicyclic) bond motifs is 1. The van der Waals surface area contributed by atoms with Crippen molar-refractivity contribution in [2.45, 2.75) is 25.5 Å². The Kier molecular flexibility index (Phi) is 4.55. The molecule has 0 spiro atoms. The molecule has 1 aliphatic heterocycles. The largest absolute Gasteiger partial charge is 0.393 e. The SMILES string of the molecule is OC1CCN(c2ccc(CNc3nc4ccccc4s3)cc2F)CC1. The maximum Gasteiger partial charge on any atom is 0.184 e. The number of halogens is 1. The lowest BCUT2D eigenvalue weighted by molar-refractivity contribution is 0.145. The van der Waals surface area contributed by atoms with E-state index in [1.807, 2.05) is 41.3 Å². The monoisotopic (exact) mass is 357 g/mol. The number of aliphatic hydroxyl groups excluding tert-OH is 1. The summed E-state index contributed by atoms with van der Waals surface area (Å²) in [5, 5.41) is 13.7. The molecular formula is C19H20FN3OS. The molecule has 1 saturated heterocycles. The van der Waals surface area contributed by atoms with Crippen LogP contribution in [0.5, 0.6) is 0 Å². The topological polar surface area (TPSA) is 48.4 Å². The quantitative estimate of drug-likeness (QED) is 0.741. The summed E-state index contributed by atoms with van der Waals surface area (Å²) < 4.78 is 15.6. The van der Waals surface area contributed by atoms with E-state index in [1.54, 1.807) is 17.4 Å². The van der Waals surface area contributed by atoms with Gasteiger partial charge >= 0.3 is 0 Å². The second kappa shape index (κ2) is 6.98. The van der Waals surface area contributed by atoms with Crippen molar-refractivity contribution in [3.8, 4) is 0 Å². The summed E-state index contributed by atoms with van der Waals surface area (Å²) in [5.74, 6) is -0.208. The van der Waals surface area contributed by atoms with E-state index in [-0.39, 0.29) is 11.9 Å². The number of para-hydroxylation sites is 1. The molecule has 0 atom stereocenters. The highest BCUT2D eigenvalue weighted by Crippen LogP contribution is 2.27. The molecule has 0 bridgehead atoms. The van der Waals surface area contributed by atoms with Crippen LogP contribution in [0.25, 0.3) is 10.2 Å². The number of hydrogen-bond donors (Lipinski definition) is 2. The third-order valence-electron chi connectivity index (χ3n) is 4.55. The van der Waals surface area contributed by atoms with E-state index in [0.29, 0.717) is 38.2 Å². The van der Waals surface area contributed by atoms with Crippen LogP contribution in [-0.4, -0.2) is 29.3 Å². The summed E-state index contributed by atoms with van der Waals surface area (Å²) in [4.78, 5) is 6.54. The molecule has 130 valence electrons. The minimum Gasteiger partial charge on any atom is -0.393 e. The molecule has 4 rings (SSSR count). The number of hydrogen-bond acceptors (Lipinski definition) is 5. The summed E-state index contributed by atoms with van der Waals surface area (Å²) >= 11 is 1.60. The van der Waals surface area contributed by atoms with Gasteiger partial charge in [0.05, 0.1) is 22.0 Å². The Hall–Kier alpha value is -2.18. The zero-order chi connectivity index (χ0) is 17.2. The number of nitrogens with one attached hydrogen (secondary N) is 1. The first-order valence-electron chi connectivity index (χ1n) is 8.50. The number of aliphatic hydroxyl groups is 1. The second-order valence-electron chi connectivity index (χ2n) is 6.34. The maximum absolute atomic E-state index is 14.5. The number of aromatic nitrogens is 1. The smallest absolute Gasteiger partial charge is 0.184 e. The number of rotatable bonds is 4. The van der Waals surface area contributed by atoms with E-state index in [1.165, 1.54) is 0 Å². The summed E-state index contributed by atoms with van der Waals surface area (Å²) in [6.07, 6.45) is 1.14. The van der Waals surface area contributed by atoms with Crippen molar-refractivity contribution in [1.29, 1.82) is 0 Å². The third-order valence-corrected chi connectivity index (χ3v) is 5.55. The lowest BCUT2D eigenvalue weighted by Gasteiger charge is -2.31. The molecule has 0 amide bonds. The fourth-order valence-electron chi connectivity index (χ4n) is 3.15. The van der Waals surface area contributed by atoms with Crippen LogP contribution in [0.3, 0.4) is 0 Å². The predicted octanol–water partition coefficient (Wildman–Crippen LogP) is 4.01. The highest BCUT2D eigenvalue weighted by molar-refractivity contribution is 7.22. The number of benzene rings is 2. The summed E-state index contributed by atoms with van der Waals surface area (Å²) in [6, 6.07) is 13.4. The summed E-state index contributed by atoms with van der Waals surface area (Å²) in [7, 11) is 0. The second-order valence-corrected chi connectivity index (χ2v) is 7.37. The molecule has 0 saturated carbocycles. The Morgan fingerprint density at radius 2 is 2.00 bits per heavy atom. The van der Waals surface area contributed by atoms with Gasteiger partial charge in [0, 0.05) is 19.6 Å². The van der Waals surface area contributed by atoms with Gasteiger partial charge in [-0.15, -0.1) is 0 Å². The fourth-order valence-corrected chi connectivity index (χ4v) is 4.01. The first-order valence-corrected chi connectivity index (χ1v) is 9.31. The van der Waals surface area contributed by atoms with Crippen LogP contribution >= 0.6 is 11.3 Å². The Labute approximate surface area is 149 Å². The van der Waals surface area contributed by atoms with Gasteiger partial charge in [0.15, 0.2) is 5.13 Å². The fraction of sp³-hybridized carbons (Fsp3) is 0.316. The van der Waals surface area contributed by atoms with Crippen LogP contribution in [-0.2, 0) is 6.54 Å². The van der Waals surface area contributed by atoms with Crippen molar-refractivity contribution in [2.75, 3.05) is 23.3 Å². The van der Waals surface area contributed by atoms with Gasteiger partial charge in [-0.3, -0.25) is 0 Å². The number of anilines is 2. The van der Waals surface area contributed by atoms with E-state index >= 15 is 0 Å². The molecule has 3 aromatic rings. The van der Waals surface area contributed by atoms with Crippen molar-refractivity contribution in [2.24, 2.45) is 0 Å². The molecule has 1 aromatic heterocycles. The lowest BCUT2D eigenvalue weighted by Crippen LogP contribution is -2.36. The van der Waals surface area contributed by atoms with Gasteiger partial charge in [0.1, 0.15) is 5.82 Å².